The molecule has 2 aromatic rings. The van der Waals surface area contributed by atoms with Crippen molar-refractivity contribution in [3.8, 4) is 17.1 Å². The zero-order chi connectivity index (χ0) is 10.8. The summed E-state index contributed by atoms with van der Waals surface area (Å²) < 4.78 is 0.559. The molecule has 0 unspecified atom stereocenters. The molecular formula is C9H5BrClN3O. The van der Waals surface area contributed by atoms with E-state index in [9.17, 15) is 5.11 Å². The van der Waals surface area contributed by atoms with Crippen LogP contribution in [0.15, 0.2) is 28.9 Å². The van der Waals surface area contributed by atoms with Crippen LogP contribution in [0.4, 0.5) is 0 Å². The summed E-state index contributed by atoms with van der Waals surface area (Å²) in [6.45, 7) is 0. The van der Waals surface area contributed by atoms with Crippen molar-refractivity contribution >= 4 is 27.5 Å². The van der Waals surface area contributed by atoms with Gasteiger partial charge < -0.3 is 5.11 Å². The Labute approximate surface area is 99.1 Å². The van der Waals surface area contributed by atoms with Crippen LogP contribution in [-0.4, -0.2) is 20.3 Å². The standard InChI is InChI=1S/C9H5BrClN3O/c10-5-3-4-12-8(9(5)15)6-1-2-7(11)14-13-6/h1-4,15H. The van der Waals surface area contributed by atoms with E-state index in [4.69, 9.17) is 11.6 Å². The van der Waals surface area contributed by atoms with E-state index in [0.29, 0.717) is 21.0 Å². The van der Waals surface area contributed by atoms with Gasteiger partial charge in [-0.15, -0.1) is 10.2 Å². The molecule has 1 N–H and O–H groups in total. The van der Waals surface area contributed by atoms with Crippen molar-refractivity contribution in [1.29, 1.82) is 0 Å². The van der Waals surface area contributed by atoms with Crippen molar-refractivity contribution < 1.29 is 5.11 Å². The summed E-state index contributed by atoms with van der Waals surface area (Å²) in [4.78, 5) is 4.01. The highest BCUT2D eigenvalue weighted by atomic mass is 79.9. The lowest BCUT2D eigenvalue weighted by molar-refractivity contribution is 0.471. The van der Waals surface area contributed by atoms with Gasteiger partial charge in [0.2, 0.25) is 0 Å². The van der Waals surface area contributed by atoms with E-state index in [1.54, 1.807) is 24.4 Å². The van der Waals surface area contributed by atoms with Crippen LogP contribution in [-0.2, 0) is 0 Å². The van der Waals surface area contributed by atoms with Crippen molar-refractivity contribution in [2.45, 2.75) is 0 Å². The average Bonchev–Trinajstić information content (AvgIpc) is 2.24. The first kappa shape index (κ1) is 10.3. The Bertz CT molecular complexity index is 489. The quantitative estimate of drug-likeness (QED) is 0.875. The number of aromatic nitrogens is 3. The van der Waals surface area contributed by atoms with Gasteiger partial charge in [0.15, 0.2) is 10.9 Å². The Morgan fingerprint density at radius 1 is 1.20 bits per heavy atom. The summed E-state index contributed by atoms with van der Waals surface area (Å²) in [5, 5.41) is 17.5. The van der Waals surface area contributed by atoms with Crippen molar-refractivity contribution in [3.63, 3.8) is 0 Å². The molecule has 4 nitrogen and oxygen atoms in total. The molecule has 0 spiro atoms. The topological polar surface area (TPSA) is 58.9 Å². The van der Waals surface area contributed by atoms with Gasteiger partial charge in [-0.1, -0.05) is 11.6 Å². The molecule has 0 aliphatic heterocycles. The predicted molar refractivity (Wildman–Crippen MR) is 59.6 cm³/mol. The summed E-state index contributed by atoms with van der Waals surface area (Å²) in [6, 6.07) is 4.87. The lowest BCUT2D eigenvalue weighted by atomic mass is 10.2. The Morgan fingerprint density at radius 2 is 2.00 bits per heavy atom. The third kappa shape index (κ3) is 2.08. The van der Waals surface area contributed by atoms with Gasteiger partial charge in [0.1, 0.15) is 11.4 Å². The molecule has 6 heteroatoms. The maximum Gasteiger partial charge on any atom is 0.157 e. The maximum absolute atomic E-state index is 9.71. The summed E-state index contributed by atoms with van der Waals surface area (Å²) in [6.07, 6.45) is 1.56. The van der Waals surface area contributed by atoms with E-state index in [1.165, 1.54) is 0 Å². The van der Waals surface area contributed by atoms with Crippen molar-refractivity contribution in [2.24, 2.45) is 0 Å². The zero-order valence-corrected chi connectivity index (χ0v) is 9.70. The fourth-order valence-electron chi connectivity index (χ4n) is 1.06. The number of aromatic hydroxyl groups is 1. The molecule has 15 heavy (non-hydrogen) atoms. The van der Waals surface area contributed by atoms with Gasteiger partial charge in [-0.25, -0.2) is 0 Å². The number of nitrogens with zero attached hydrogens (tertiary/aromatic N) is 3. The highest BCUT2D eigenvalue weighted by Gasteiger charge is 2.10. The van der Waals surface area contributed by atoms with Crippen LogP contribution in [0.1, 0.15) is 0 Å². The van der Waals surface area contributed by atoms with Gasteiger partial charge in [-0.3, -0.25) is 4.98 Å². The first-order valence-corrected chi connectivity index (χ1v) is 5.18. The molecular weight excluding hydrogens is 281 g/mol. The smallest absolute Gasteiger partial charge is 0.157 e. The number of hydrogen-bond donors (Lipinski definition) is 1. The minimum absolute atomic E-state index is 0.0362. The van der Waals surface area contributed by atoms with Gasteiger partial charge in [-0.05, 0) is 34.1 Å². The highest BCUT2D eigenvalue weighted by Crippen LogP contribution is 2.31. The maximum atomic E-state index is 9.71. The lowest BCUT2D eigenvalue weighted by Crippen LogP contribution is -1.90. The molecule has 76 valence electrons. The molecule has 2 rings (SSSR count). The minimum atomic E-state index is 0.0362. The highest BCUT2D eigenvalue weighted by molar-refractivity contribution is 9.10. The Morgan fingerprint density at radius 3 is 2.67 bits per heavy atom. The van der Waals surface area contributed by atoms with Crippen molar-refractivity contribution in [2.75, 3.05) is 0 Å². The molecule has 0 amide bonds. The number of halogens is 2. The number of pyridine rings is 1. The predicted octanol–water partition coefficient (Wildman–Crippen LogP) is 2.66. The second kappa shape index (κ2) is 4.12. The SMILES string of the molecule is Oc1c(Br)ccnc1-c1ccc(Cl)nn1. The summed E-state index contributed by atoms with van der Waals surface area (Å²) in [7, 11) is 0. The molecule has 0 radical (unpaired) electrons. The third-order valence-electron chi connectivity index (χ3n) is 1.75. The van der Waals surface area contributed by atoms with Crippen molar-refractivity contribution in [3.05, 3.63) is 34.0 Å². The van der Waals surface area contributed by atoms with Crippen LogP contribution < -0.4 is 0 Å². The lowest BCUT2D eigenvalue weighted by Gasteiger charge is -2.03. The number of hydrogen-bond acceptors (Lipinski definition) is 4. The summed E-state index contributed by atoms with van der Waals surface area (Å²) in [5.74, 6) is 0.0362. The van der Waals surface area contributed by atoms with E-state index < -0.39 is 0 Å². The van der Waals surface area contributed by atoms with Crippen LogP contribution in [0, 0.1) is 0 Å². The molecule has 0 aliphatic rings. The van der Waals surface area contributed by atoms with E-state index in [1.807, 2.05) is 0 Å². The average molecular weight is 287 g/mol. The molecule has 0 fully saturated rings. The van der Waals surface area contributed by atoms with E-state index in [0.717, 1.165) is 0 Å². The van der Waals surface area contributed by atoms with E-state index >= 15 is 0 Å². The van der Waals surface area contributed by atoms with E-state index in [2.05, 4.69) is 31.1 Å². The third-order valence-corrected chi connectivity index (χ3v) is 2.59. The molecule has 2 aromatic heterocycles. The first-order valence-electron chi connectivity index (χ1n) is 4.01. The Kier molecular flexibility index (Phi) is 2.83. The van der Waals surface area contributed by atoms with E-state index in [-0.39, 0.29) is 5.75 Å². The molecule has 0 bridgehead atoms. The fourth-order valence-corrected chi connectivity index (χ4v) is 1.47. The van der Waals surface area contributed by atoms with Crippen LogP contribution in [0.5, 0.6) is 5.75 Å². The monoisotopic (exact) mass is 285 g/mol. The van der Waals surface area contributed by atoms with Crippen LogP contribution >= 0.6 is 27.5 Å². The van der Waals surface area contributed by atoms with Crippen molar-refractivity contribution in [1.82, 2.24) is 15.2 Å². The molecule has 0 saturated heterocycles. The molecule has 2 heterocycles. The normalized spacial score (nSPS) is 10.3. The largest absolute Gasteiger partial charge is 0.504 e. The molecule has 0 aromatic carbocycles. The zero-order valence-electron chi connectivity index (χ0n) is 7.35. The molecule has 0 aliphatic carbocycles. The van der Waals surface area contributed by atoms with Crippen LogP contribution in [0.25, 0.3) is 11.4 Å². The second-order valence-electron chi connectivity index (χ2n) is 2.73. The second-order valence-corrected chi connectivity index (χ2v) is 3.97. The van der Waals surface area contributed by atoms with Gasteiger partial charge in [0, 0.05) is 6.20 Å². The summed E-state index contributed by atoms with van der Waals surface area (Å²) in [5.41, 5.74) is 0.840. The van der Waals surface area contributed by atoms with Crippen LogP contribution in [0.2, 0.25) is 5.15 Å². The molecule has 0 atom stereocenters. The van der Waals surface area contributed by atoms with Crippen LogP contribution in [0.3, 0.4) is 0 Å². The summed E-state index contributed by atoms with van der Waals surface area (Å²) >= 11 is 8.80. The first-order chi connectivity index (χ1) is 7.18. The van der Waals surface area contributed by atoms with Gasteiger partial charge in [0.25, 0.3) is 0 Å². The van der Waals surface area contributed by atoms with Gasteiger partial charge >= 0.3 is 0 Å². The Balaban J connectivity index is 2.54. The van der Waals surface area contributed by atoms with Gasteiger partial charge in [-0.2, -0.15) is 0 Å². The molecule has 0 saturated carbocycles. The minimum Gasteiger partial charge on any atom is -0.504 e. The number of rotatable bonds is 1. The Hall–Kier alpha value is -1.20. The fraction of sp³-hybridized carbons (Fsp3) is 0. The van der Waals surface area contributed by atoms with Gasteiger partial charge in [0.05, 0.1) is 4.47 Å².